The van der Waals surface area contributed by atoms with Crippen LogP contribution >= 0.6 is 0 Å². The van der Waals surface area contributed by atoms with E-state index in [1.165, 1.54) is 13.1 Å². The third-order valence-electron chi connectivity index (χ3n) is 6.25. The van der Waals surface area contributed by atoms with Gasteiger partial charge in [0.2, 0.25) is 0 Å². The van der Waals surface area contributed by atoms with Gasteiger partial charge < -0.3 is 11.1 Å². The van der Waals surface area contributed by atoms with Crippen molar-refractivity contribution < 1.29 is 77.1 Å². The molecule has 0 aliphatic rings. The Hall–Kier alpha value is -4.08. The molecule has 53 heavy (non-hydrogen) atoms. The Labute approximate surface area is 302 Å². The van der Waals surface area contributed by atoms with Gasteiger partial charge in [-0.3, -0.25) is 18.2 Å². The number of anilines is 2. The van der Waals surface area contributed by atoms with Crippen LogP contribution < -0.4 is 11.1 Å². The fourth-order valence-electron chi connectivity index (χ4n) is 3.87. The molecule has 0 fully saturated rings. The van der Waals surface area contributed by atoms with Crippen molar-refractivity contribution >= 4 is 94.8 Å². The van der Waals surface area contributed by atoms with Gasteiger partial charge in [0.05, 0.1) is 45.9 Å². The second-order valence-corrected chi connectivity index (χ2v) is 19.1. The molecule has 3 rings (SSSR count). The highest BCUT2D eigenvalue weighted by atomic mass is 32.3. The Morgan fingerprint density at radius 2 is 0.943 bits per heavy atom. The SMILES string of the molecule is CNc1cc(N)c(N=Nc2ccc(S(=O)(=O)CCOS(=O)(=O)O)cc2S(=O)(=O)O)cc1N=Nc1ccc(S(=O)(=O)CCOS(=O)(=O)O)cc1S(=O)(=O)O. The molecule has 0 amide bonds. The molecule has 0 spiro atoms. The van der Waals surface area contributed by atoms with Crippen molar-refractivity contribution in [2.75, 3.05) is 42.8 Å². The maximum atomic E-state index is 12.6. The van der Waals surface area contributed by atoms with E-state index >= 15 is 0 Å². The van der Waals surface area contributed by atoms with Crippen molar-refractivity contribution in [3.63, 3.8) is 0 Å². The number of hydrogen-bond acceptors (Lipinski definition) is 20. The number of nitrogens with zero attached hydrogens (tertiary/aromatic N) is 4. The highest BCUT2D eigenvalue weighted by molar-refractivity contribution is 7.92. The van der Waals surface area contributed by atoms with Gasteiger partial charge in [-0.15, -0.1) is 20.5 Å². The predicted octanol–water partition coefficient (Wildman–Crippen LogP) is 1.82. The van der Waals surface area contributed by atoms with Gasteiger partial charge in [-0.2, -0.15) is 33.7 Å². The van der Waals surface area contributed by atoms with E-state index in [2.05, 4.69) is 34.1 Å². The first-order valence-corrected chi connectivity index (χ1v) is 22.4. The van der Waals surface area contributed by atoms with Crippen LogP contribution in [0.2, 0.25) is 0 Å². The first kappa shape index (κ1) is 43.3. The van der Waals surface area contributed by atoms with Crippen molar-refractivity contribution in [3.8, 4) is 0 Å². The van der Waals surface area contributed by atoms with Gasteiger partial charge in [0.25, 0.3) is 20.2 Å². The summed E-state index contributed by atoms with van der Waals surface area (Å²) < 4.78 is 186. The summed E-state index contributed by atoms with van der Waals surface area (Å²) >= 11 is 0. The summed E-state index contributed by atoms with van der Waals surface area (Å²) in [5.41, 5.74) is 4.39. The summed E-state index contributed by atoms with van der Waals surface area (Å²) in [6.45, 7) is -2.07. The lowest BCUT2D eigenvalue weighted by Crippen LogP contribution is -2.16. The lowest BCUT2D eigenvalue weighted by molar-refractivity contribution is 0.282. The van der Waals surface area contributed by atoms with E-state index in [9.17, 15) is 59.6 Å². The van der Waals surface area contributed by atoms with Crippen LogP contribution in [-0.4, -0.2) is 100 Å². The van der Waals surface area contributed by atoms with Crippen LogP contribution in [0.5, 0.6) is 0 Å². The zero-order valence-electron chi connectivity index (χ0n) is 26.3. The number of rotatable bonds is 17. The Morgan fingerprint density at radius 1 is 0.566 bits per heavy atom. The zero-order chi connectivity index (χ0) is 40.2. The predicted molar refractivity (Wildman–Crippen MR) is 180 cm³/mol. The Morgan fingerprint density at radius 3 is 1.30 bits per heavy atom. The van der Waals surface area contributed by atoms with Gasteiger partial charge in [0.15, 0.2) is 19.7 Å². The van der Waals surface area contributed by atoms with Gasteiger partial charge in [-0.1, -0.05) is 0 Å². The lowest BCUT2D eigenvalue weighted by atomic mass is 10.2. The van der Waals surface area contributed by atoms with Crippen LogP contribution in [0.3, 0.4) is 0 Å². The van der Waals surface area contributed by atoms with Crippen LogP contribution in [0.25, 0.3) is 0 Å². The van der Waals surface area contributed by atoms with Crippen molar-refractivity contribution in [1.29, 1.82) is 0 Å². The summed E-state index contributed by atoms with van der Waals surface area (Å²) in [6.07, 6.45) is 0. The standard InChI is InChI=1S/C23H26N6O18S6/c1-25-20-12-16(24)19(28-26-17-4-2-14(10-22(17)50(34,35)36)48(30,31)8-6-46-52(40,41)42)13-21(20)29-27-18-5-3-15(11-23(18)51(37,38)39)49(32,33)9-7-47-53(43,44)45/h2-5,10-13,25H,6-9,24H2,1H3,(H,34,35,36)(H,37,38,39)(H,40,41,42)(H,43,44,45). The second kappa shape index (κ2) is 16.1. The van der Waals surface area contributed by atoms with Crippen LogP contribution in [0, 0.1) is 0 Å². The molecule has 0 aromatic heterocycles. The Bertz CT molecular complexity index is 2650. The fraction of sp³-hybridized carbons (Fsp3) is 0.217. The lowest BCUT2D eigenvalue weighted by Gasteiger charge is -2.10. The molecule has 0 heterocycles. The van der Waals surface area contributed by atoms with E-state index in [1.807, 2.05) is 0 Å². The fourth-order valence-corrected chi connectivity index (χ4v) is 8.34. The summed E-state index contributed by atoms with van der Waals surface area (Å²) in [5.74, 6) is -2.06. The third-order valence-corrected chi connectivity index (χ3v) is 12.3. The summed E-state index contributed by atoms with van der Waals surface area (Å²) in [4.78, 5) is -3.54. The van der Waals surface area contributed by atoms with E-state index in [0.29, 0.717) is 12.1 Å². The van der Waals surface area contributed by atoms with Gasteiger partial charge in [-0.05, 0) is 48.5 Å². The zero-order valence-corrected chi connectivity index (χ0v) is 31.2. The molecule has 0 aliphatic heterocycles. The van der Waals surface area contributed by atoms with Crippen LogP contribution in [0.4, 0.5) is 34.1 Å². The van der Waals surface area contributed by atoms with E-state index in [1.54, 1.807) is 0 Å². The molecule has 0 saturated carbocycles. The van der Waals surface area contributed by atoms with E-state index < -0.39 is 116 Å². The first-order valence-electron chi connectivity index (χ1n) is 13.5. The topological polar surface area (TPSA) is 392 Å². The van der Waals surface area contributed by atoms with Crippen LogP contribution in [0.15, 0.2) is 88.6 Å². The summed E-state index contributed by atoms with van der Waals surface area (Å²) in [7, 11) is -27.8. The molecule has 7 N–H and O–H groups in total. The number of sulfone groups is 2. The second-order valence-electron chi connectivity index (χ2n) is 9.92. The minimum absolute atomic E-state index is 0.128. The normalized spacial score (nSPS) is 13.5. The average Bonchev–Trinajstić information content (AvgIpc) is 3.00. The van der Waals surface area contributed by atoms with E-state index in [4.69, 9.17) is 14.8 Å². The Kier molecular flexibility index (Phi) is 13.2. The van der Waals surface area contributed by atoms with Crippen LogP contribution in [-0.2, 0) is 69.1 Å². The third kappa shape index (κ3) is 12.5. The molecular formula is C23H26N6O18S6. The molecule has 0 radical (unpaired) electrons. The number of azo groups is 2. The van der Waals surface area contributed by atoms with Crippen LogP contribution in [0.1, 0.15) is 0 Å². The van der Waals surface area contributed by atoms with E-state index in [0.717, 1.165) is 30.3 Å². The maximum Gasteiger partial charge on any atom is 0.397 e. The van der Waals surface area contributed by atoms with Crippen molar-refractivity contribution in [2.45, 2.75) is 19.6 Å². The molecular weight excluding hydrogens is 841 g/mol. The number of nitrogen functional groups attached to an aromatic ring is 1. The maximum absolute atomic E-state index is 12.6. The summed E-state index contributed by atoms with van der Waals surface area (Å²) in [5, 5.41) is 17.8. The largest absolute Gasteiger partial charge is 0.397 e. The molecule has 0 aliphatic carbocycles. The molecule has 0 unspecified atom stereocenters. The number of hydrogen-bond donors (Lipinski definition) is 6. The smallest absolute Gasteiger partial charge is 0.397 e. The average molecular weight is 867 g/mol. The van der Waals surface area contributed by atoms with E-state index in [-0.39, 0.29) is 22.7 Å². The molecule has 292 valence electrons. The molecule has 0 atom stereocenters. The molecule has 30 heteroatoms. The molecule has 0 bridgehead atoms. The van der Waals surface area contributed by atoms with Crippen molar-refractivity contribution in [2.24, 2.45) is 20.5 Å². The monoisotopic (exact) mass is 866 g/mol. The van der Waals surface area contributed by atoms with Crippen molar-refractivity contribution in [3.05, 3.63) is 48.5 Å². The quantitative estimate of drug-likeness (QED) is 0.0640. The number of nitrogens with one attached hydrogen (secondary N) is 1. The molecule has 24 nitrogen and oxygen atoms in total. The molecule has 0 saturated heterocycles. The molecule has 3 aromatic carbocycles. The Balaban J connectivity index is 2.02. The van der Waals surface area contributed by atoms with Gasteiger partial charge in [0, 0.05) is 7.05 Å². The minimum Gasteiger partial charge on any atom is -0.397 e. The minimum atomic E-state index is -5.18. The molecule has 3 aromatic rings. The highest BCUT2D eigenvalue weighted by Gasteiger charge is 2.25. The highest BCUT2D eigenvalue weighted by Crippen LogP contribution is 2.38. The number of nitrogens with two attached hydrogens (primary N) is 1. The van der Waals surface area contributed by atoms with Crippen molar-refractivity contribution in [1.82, 2.24) is 0 Å². The van der Waals surface area contributed by atoms with Gasteiger partial charge in [0.1, 0.15) is 32.5 Å². The van der Waals surface area contributed by atoms with Gasteiger partial charge in [-0.25, -0.2) is 25.2 Å². The summed E-state index contributed by atoms with van der Waals surface area (Å²) in [6, 6.07) is 6.67. The number of benzene rings is 3. The van der Waals surface area contributed by atoms with Gasteiger partial charge >= 0.3 is 20.8 Å². The first-order chi connectivity index (χ1) is 24.1.